The van der Waals surface area contributed by atoms with E-state index in [9.17, 15) is 20.6 Å². The third kappa shape index (κ3) is 2.74. The van der Waals surface area contributed by atoms with Crippen molar-refractivity contribution in [3.05, 3.63) is 92.9 Å². The average molecular weight is 344 g/mol. The van der Waals surface area contributed by atoms with Crippen LogP contribution in [0.5, 0.6) is 0 Å². The third-order valence-corrected chi connectivity index (χ3v) is 4.02. The van der Waals surface area contributed by atoms with Gasteiger partial charge in [-0.25, -0.2) is 0 Å². The zero-order valence-corrected chi connectivity index (χ0v) is 13.4. The van der Waals surface area contributed by atoms with E-state index in [1.165, 1.54) is 18.2 Å². The highest BCUT2D eigenvalue weighted by Gasteiger charge is 2.37. The van der Waals surface area contributed by atoms with E-state index in [4.69, 9.17) is 10.5 Å². The molecule has 0 aromatic heterocycles. The van der Waals surface area contributed by atoms with E-state index < -0.39 is 10.8 Å². The standard InChI is InChI=1S/C19H12N4O3/c20-10-14-17(13-8-4-5-9-16(13)23(24)25)15(11-21)19(22)26-18(14)12-6-2-1-3-7-12/h1-9,17H,22H2. The first-order chi connectivity index (χ1) is 12.6. The third-order valence-electron chi connectivity index (χ3n) is 4.02. The molecule has 126 valence electrons. The topological polar surface area (TPSA) is 126 Å². The van der Waals surface area contributed by atoms with Crippen molar-refractivity contribution in [1.29, 1.82) is 10.5 Å². The molecule has 2 aromatic rings. The van der Waals surface area contributed by atoms with E-state index in [1.54, 1.807) is 36.4 Å². The van der Waals surface area contributed by atoms with Crippen LogP contribution in [-0.4, -0.2) is 4.92 Å². The first kappa shape index (κ1) is 16.7. The number of nitriles is 2. The van der Waals surface area contributed by atoms with Gasteiger partial charge in [0.15, 0.2) is 5.76 Å². The van der Waals surface area contributed by atoms with Gasteiger partial charge >= 0.3 is 0 Å². The Morgan fingerprint density at radius 2 is 1.62 bits per heavy atom. The summed E-state index contributed by atoms with van der Waals surface area (Å²) in [6.45, 7) is 0. The quantitative estimate of drug-likeness (QED) is 0.672. The van der Waals surface area contributed by atoms with Crippen molar-refractivity contribution in [2.75, 3.05) is 0 Å². The molecule has 0 amide bonds. The van der Waals surface area contributed by atoms with E-state index in [2.05, 4.69) is 0 Å². The number of nitro groups is 1. The van der Waals surface area contributed by atoms with Gasteiger partial charge in [0.25, 0.3) is 5.69 Å². The molecular formula is C19H12N4O3. The van der Waals surface area contributed by atoms with E-state index >= 15 is 0 Å². The summed E-state index contributed by atoms with van der Waals surface area (Å²) in [5.74, 6) is -0.961. The number of nitrogens with two attached hydrogens (primary N) is 1. The molecule has 1 unspecified atom stereocenters. The van der Waals surface area contributed by atoms with Crippen molar-refractivity contribution < 1.29 is 9.66 Å². The lowest BCUT2D eigenvalue weighted by molar-refractivity contribution is -0.385. The fourth-order valence-electron chi connectivity index (χ4n) is 2.89. The number of hydrogen-bond donors (Lipinski definition) is 1. The summed E-state index contributed by atoms with van der Waals surface area (Å²) >= 11 is 0. The molecule has 0 spiro atoms. The van der Waals surface area contributed by atoms with Crippen LogP contribution in [0.15, 0.2) is 71.6 Å². The first-order valence-electron chi connectivity index (χ1n) is 7.59. The molecule has 0 fully saturated rings. The number of para-hydroxylation sites is 1. The predicted molar refractivity (Wildman–Crippen MR) is 92.7 cm³/mol. The van der Waals surface area contributed by atoms with Gasteiger partial charge in [0.05, 0.1) is 22.5 Å². The van der Waals surface area contributed by atoms with Crippen LogP contribution in [0.1, 0.15) is 17.0 Å². The Morgan fingerprint density at radius 3 is 2.23 bits per heavy atom. The van der Waals surface area contributed by atoms with Crippen LogP contribution in [0.2, 0.25) is 0 Å². The van der Waals surface area contributed by atoms with Crippen LogP contribution in [0, 0.1) is 32.8 Å². The maximum atomic E-state index is 11.4. The van der Waals surface area contributed by atoms with Gasteiger partial charge in [0.2, 0.25) is 5.88 Å². The Labute approximate surface area is 149 Å². The number of nitro benzene ring substituents is 1. The highest BCUT2D eigenvalue weighted by molar-refractivity contribution is 5.74. The van der Waals surface area contributed by atoms with Crippen molar-refractivity contribution in [3.63, 3.8) is 0 Å². The number of nitrogens with zero attached hydrogens (tertiary/aromatic N) is 3. The minimum Gasteiger partial charge on any atom is -0.439 e. The molecule has 1 atom stereocenters. The lowest BCUT2D eigenvalue weighted by Crippen LogP contribution is -2.20. The zero-order valence-electron chi connectivity index (χ0n) is 13.4. The van der Waals surface area contributed by atoms with Gasteiger partial charge in [-0.15, -0.1) is 0 Å². The highest BCUT2D eigenvalue weighted by atomic mass is 16.6. The van der Waals surface area contributed by atoms with Gasteiger partial charge in [-0.05, 0) is 0 Å². The van der Waals surface area contributed by atoms with Crippen LogP contribution in [0.25, 0.3) is 5.76 Å². The molecule has 2 N–H and O–H groups in total. The maximum Gasteiger partial charge on any atom is 0.273 e. The lowest BCUT2D eigenvalue weighted by Gasteiger charge is -2.25. The van der Waals surface area contributed by atoms with Crippen LogP contribution < -0.4 is 5.73 Å². The van der Waals surface area contributed by atoms with Gasteiger partial charge in [-0.2, -0.15) is 10.5 Å². The first-order valence-corrected chi connectivity index (χ1v) is 7.59. The normalized spacial score (nSPS) is 16.5. The van der Waals surface area contributed by atoms with Crippen molar-refractivity contribution in [3.8, 4) is 12.1 Å². The molecule has 1 heterocycles. The monoisotopic (exact) mass is 344 g/mol. The molecule has 7 nitrogen and oxygen atoms in total. The minimum absolute atomic E-state index is 0.0319. The predicted octanol–water partition coefficient (Wildman–Crippen LogP) is 3.34. The highest BCUT2D eigenvalue weighted by Crippen LogP contribution is 2.44. The number of benzene rings is 2. The number of allylic oxidation sites excluding steroid dienone is 2. The Morgan fingerprint density at radius 1 is 1.00 bits per heavy atom. The molecule has 0 aliphatic carbocycles. The lowest BCUT2D eigenvalue weighted by atomic mass is 9.82. The van der Waals surface area contributed by atoms with Gasteiger partial charge in [-0.3, -0.25) is 10.1 Å². The van der Waals surface area contributed by atoms with Crippen molar-refractivity contribution in [2.24, 2.45) is 5.73 Å². The summed E-state index contributed by atoms with van der Waals surface area (Å²) in [6.07, 6.45) is 0. The van der Waals surface area contributed by atoms with Gasteiger partial charge in [0, 0.05) is 17.2 Å². The maximum absolute atomic E-state index is 11.4. The molecule has 2 aromatic carbocycles. The minimum atomic E-state index is -0.976. The smallest absolute Gasteiger partial charge is 0.273 e. The van der Waals surface area contributed by atoms with E-state index in [0.717, 1.165) is 0 Å². The summed E-state index contributed by atoms with van der Waals surface area (Å²) in [4.78, 5) is 10.9. The summed E-state index contributed by atoms with van der Waals surface area (Å²) in [7, 11) is 0. The van der Waals surface area contributed by atoms with Gasteiger partial charge in [-0.1, -0.05) is 48.5 Å². The Hall–Kier alpha value is -4.10. The van der Waals surface area contributed by atoms with Crippen molar-refractivity contribution in [1.82, 2.24) is 0 Å². The van der Waals surface area contributed by atoms with E-state index in [-0.39, 0.29) is 34.0 Å². The fraction of sp³-hybridized carbons (Fsp3) is 0.0526. The second-order valence-electron chi connectivity index (χ2n) is 5.46. The van der Waals surface area contributed by atoms with Crippen LogP contribution in [0.3, 0.4) is 0 Å². The van der Waals surface area contributed by atoms with Gasteiger partial charge in [0.1, 0.15) is 11.6 Å². The van der Waals surface area contributed by atoms with E-state index in [1.807, 2.05) is 12.1 Å². The Kier molecular flexibility index (Phi) is 4.38. The van der Waals surface area contributed by atoms with Crippen LogP contribution >= 0.6 is 0 Å². The fourth-order valence-corrected chi connectivity index (χ4v) is 2.89. The molecule has 0 radical (unpaired) electrons. The average Bonchev–Trinajstić information content (AvgIpc) is 2.67. The Bertz CT molecular complexity index is 1030. The molecule has 7 heteroatoms. The SMILES string of the molecule is N#CC1=C(N)OC(c2ccccc2)=C(C#N)C1c1ccccc1[N+](=O)[O-]. The summed E-state index contributed by atoms with van der Waals surface area (Å²) in [5.41, 5.74) is 6.58. The largest absolute Gasteiger partial charge is 0.439 e. The molecular weight excluding hydrogens is 332 g/mol. The molecule has 1 aliphatic heterocycles. The molecule has 3 rings (SSSR count). The van der Waals surface area contributed by atoms with Crippen LogP contribution in [0.4, 0.5) is 5.69 Å². The second kappa shape index (κ2) is 6.80. The molecule has 0 saturated heterocycles. The Balaban J connectivity index is 2.31. The van der Waals surface area contributed by atoms with E-state index in [0.29, 0.717) is 5.56 Å². The summed E-state index contributed by atoms with van der Waals surface area (Å²) in [5, 5.41) is 30.7. The molecule has 0 bridgehead atoms. The summed E-state index contributed by atoms with van der Waals surface area (Å²) < 4.78 is 5.55. The van der Waals surface area contributed by atoms with Crippen LogP contribution in [-0.2, 0) is 4.74 Å². The molecule has 1 aliphatic rings. The molecule has 26 heavy (non-hydrogen) atoms. The zero-order chi connectivity index (χ0) is 18.7. The number of ether oxygens (including phenoxy) is 1. The second-order valence-corrected chi connectivity index (χ2v) is 5.46. The summed E-state index contributed by atoms with van der Waals surface area (Å²) in [6, 6.07) is 18.7. The van der Waals surface area contributed by atoms with Crippen molar-refractivity contribution in [2.45, 2.75) is 5.92 Å². The number of hydrogen-bond acceptors (Lipinski definition) is 6. The van der Waals surface area contributed by atoms with Crippen molar-refractivity contribution >= 4 is 11.4 Å². The number of rotatable bonds is 3. The molecule has 0 saturated carbocycles. The van der Waals surface area contributed by atoms with Gasteiger partial charge < -0.3 is 10.5 Å².